The second-order valence-corrected chi connectivity index (χ2v) is 4.08. The number of rotatable bonds is 6. The van der Waals surface area contributed by atoms with Gasteiger partial charge in [-0.2, -0.15) is 0 Å². The second kappa shape index (κ2) is 7.81. The van der Waals surface area contributed by atoms with Crippen molar-refractivity contribution in [2.75, 3.05) is 0 Å². The van der Waals surface area contributed by atoms with Crippen molar-refractivity contribution in [3.8, 4) is 0 Å². The smallest absolute Gasteiger partial charge is 0.0747 e. The summed E-state index contributed by atoms with van der Waals surface area (Å²) < 4.78 is 0. The summed E-state index contributed by atoms with van der Waals surface area (Å²) in [6.45, 7) is 8.33. The van der Waals surface area contributed by atoms with E-state index < -0.39 is 0 Å². The summed E-state index contributed by atoms with van der Waals surface area (Å²) in [6.07, 6.45) is 8.14. The molecule has 0 spiro atoms. The van der Waals surface area contributed by atoms with Crippen LogP contribution in [-0.4, -0.2) is 11.2 Å². The number of hydrogen-bond donors (Lipinski definition) is 1. The molecular weight excluding hydrogens is 172 g/mol. The molecule has 0 aromatic heterocycles. The van der Waals surface area contributed by atoms with Crippen LogP contribution in [0.15, 0.2) is 23.3 Å². The minimum absolute atomic E-state index is 0.236. The fraction of sp³-hybridized carbons (Fsp3) is 0.692. The number of aliphatic hydroxyl groups is 1. The summed E-state index contributed by atoms with van der Waals surface area (Å²) in [5, 5.41) is 9.73. The molecule has 0 aromatic rings. The van der Waals surface area contributed by atoms with Crippen molar-refractivity contribution in [3.63, 3.8) is 0 Å². The van der Waals surface area contributed by atoms with Crippen LogP contribution in [0.25, 0.3) is 0 Å². The van der Waals surface area contributed by atoms with Crippen LogP contribution >= 0.6 is 0 Å². The third-order valence-electron chi connectivity index (χ3n) is 2.29. The molecular formula is C13H24O. The third kappa shape index (κ3) is 6.90. The molecule has 0 radical (unpaired) electrons. The van der Waals surface area contributed by atoms with E-state index in [0.29, 0.717) is 0 Å². The number of aliphatic hydroxyl groups excluding tert-OH is 1. The van der Waals surface area contributed by atoms with Crippen molar-refractivity contribution < 1.29 is 5.11 Å². The highest BCUT2D eigenvalue weighted by atomic mass is 16.3. The molecule has 14 heavy (non-hydrogen) atoms. The highest BCUT2D eigenvalue weighted by molar-refractivity contribution is 5.04. The lowest BCUT2D eigenvalue weighted by Gasteiger charge is -2.10. The molecule has 0 rings (SSSR count). The van der Waals surface area contributed by atoms with Crippen molar-refractivity contribution in [3.05, 3.63) is 23.3 Å². The van der Waals surface area contributed by atoms with Crippen LogP contribution in [0.3, 0.4) is 0 Å². The molecule has 0 aliphatic heterocycles. The predicted octanol–water partition coefficient (Wildman–Crippen LogP) is 3.84. The van der Waals surface area contributed by atoms with Crippen molar-refractivity contribution in [2.45, 2.75) is 59.5 Å². The molecule has 0 amide bonds. The molecule has 1 unspecified atom stereocenters. The Morgan fingerprint density at radius 2 is 1.86 bits per heavy atom. The van der Waals surface area contributed by atoms with Gasteiger partial charge in [-0.3, -0.25) is 0 Å². The Hall–Kier alpha value is -0.560. The van der Waals surface area contributed by atoms with Crippen molar-refractivity contribution in [1.29, 1.82) is 0 Å². The number of allylic oxidation sites excluding steroid dienone is 3. The Labute approximate surface area is 88.5 Å². The summed E-state index contributed by atoms with van der Waals surface area (Å²) in [7, 11) is 0. The molecule has 1 nitrogen and oxygen atoms in total. The van der Waals surface area contributed by atoms with Crippen LogP contribution in [-0.2, 0) is 0 Å². The van der Waals surface area contributed by atoms with E-state index in [4.69, 9.17) is 0 Å². The molecule has 1 heteroatoms. The summed E-state index contributed by atoms with van der Waals surface area (Å²) >= 11 is 0. The predicted molar refractivity (Wildman–Crippen MR) is 63.3 cm³/mol. The van der Waals surface area contributed by atoms with Gasteiger partial charge in [0.25, 0.3) is 0 Å². The van der Waals surface area contributed by atoms with E-state index in [1.165, 1.54) is 5.57 Å². The Bertz CT molecular complexity index is 197. The molecule has 82 valence electrons. The zero-order valence-electron chi connectivity index (χ0n) is 10.0. The first kappa shape index (κ1) is 13.4. The van der Waals surface area contributed by atoms with Crippen molar-refractivity contribution >= 4 is 0 Å². The maximum atomic E-state index is 9.73. The summed E-state index contributed by atoms with van der Waals surface area (Å²) in [5.74, 6) is 0. The molecule has 0 fully saturated rings. The van der Waals surface area contributed by atoms with E-state index in [1.54, 1.807) is 0 Å². The SMILES string of the molecule is CC/C=C(\C)C(O)CCCC=C(C)C. The molecule has 0 heterocycles. The second-order valence-electron chi connectivity index (χ2n) is 4.08. The van der Waals surface area contributed by atoms with Crippen LogP contribution in [0.1, 0.15) is 53.4 Å². The molecule has 1 atom stereocenters. The van der Waals surface area contributed by atoms with Gasteiger partial charge in [0.2, 0.25) is 0 Å². The van der Waals surface area contributed by atoms with Gasteiger partial charge in [-0.25, -0.2) is 0 Å². The van der Waals surface area contributed by atoms with Gasteiger partial charge in [0.05, 0.1) is 6.10 Å². The summed E-state index contributed by atoms with van der Waals surface area (Å²) in [6, 6.07) is 0. The lowest BCUT2D eigenvalue weighted by molar-refractivity contribution is 0.197. The Morgan fingerprint density at radius 1 is 1.21 bits per heavy atom. The minimum atomic E-state index is -0.236. The van der Waals surface area contributed by atoms with Gasteiger partial charge in [0.15, 0.2) is 0 Å². The Balaban J connectivity index is 3.69. The molecule has 0 aliphatic rings. The zero-order chi connectivity index (χ0) is 11.0. The van der Waals surface area contributed by atoms with Gasteiger partial charge in [0, 0.05) is 0 Å². The van der Waals surface area contributed by atoms with Gasteiger partial charge in [-0.15, -0.1) is 0 Å². The molecule has 0 saturated heterocycles. The van der Waals surface area contributed by atoms with E-state index in [2.05, 4.69) is 32.9 Å². The van der Waals surface area contributed by atoms with Gasteiger partial charge in [0.1, 0.15) is 0 Å². The van der Waals surface area contributed by atoms with Crippen LogP contribution in [0, 0.1) is 0 Å². The van der Waals surface area contributed by atoms with E-state index in [9.17, 15) is 5.11 Å². The fourth-order valence-electron chi connectivity index (χ4n) is 1.39. The summed E-state index contributed by atoms with van der Waals surface area (Å²) in [5.41, 5.74) is 2.48. The lowest BCUT2D eigenvalue weighted by Crippen LogP contribution is -2.07. The first-order valence-electron chi connectivity index (χ1n) is 5.56. The average Bonchev–Trinajstić information content (AvgIpc) is 2.12. The van der Waals surface area contributed by atoms with Gasteiger partial charge in [-0.05, 0) is 52.0 Å². The number of unbranched alkanes of at least 4 members (excludes halogenated alkanes) is 1. The van der Waals surface area contributed by atoms with E-state index in [1.807, 2.05) is 6.92 Å². The fourth-order valence-corrected chi connectivity index (χ4v) is 1.39. The summed E-state index contributed by atoms with van der Waals surface area (Å²) in [4.78, 5) is 0. The first-order valence-corrected chi connectivity index (χ1v) is 5.56. The van der Waals surface area contributed by atoms with Crippen molar-refractivity contribution in [2.24, 2.45) is 0 Å². The van der Waals surface area contributed by atoms with Crippen molar-refractivity contribution in [1.82, 2.24) is 0 Å². The molecule has 0 aromatic carbocycles. The molecule has 0 bridgehead atoms. The van der Waals surface area contributed by atoms with E-state index in [-0.39, 0.29) is 6.10 Å². The molecule has 0 saturated carbocycles. The Morgan fingerprint density at radius 3 is 2.36 bits per heavy atom. The largest absolute Gasteiger partial charge is 0.389 e. The topological polar surface area (TPSA) is 20.2 Å². The maximum Gasteiger partial charge on any atom is 0.0747 e. The first-order chi connectivity index (χ1) is 6.57. The highest BCUT2D eigenvalue weighted by Gasteiger charge is 2.04. The lowest BCUT2D eigenvalue weighted by atomic mass is 10.0. The minimum Gasteiger partial charge on any atom is -0.389 e. The Kier molecular flexibility index (Phi) is 7.50. The standard InChI is InChI=1S/C13H24O/c1-5-8-12(4)13(14)10-7-6-9-11(2)3/h8-9,13-14H,5-7,10H2,1-4H3/b12-8+. The van der Waals surface area contributed by atoms with Gasteiger partial charge in [-0.1, -0.05) is 24.6 Å². The monoisotopic (exact) mass is 196 g/mol. The average molecular weight is 196 g/mol. The normalized spacial score (nSPS) is 13.9. The van der Waals surface area contributed by atoms with Crippen LogP contribution in [0.5, 0.6) is 0 Å². The quantitative estimate of drug-likeness (QED) is 0.505. The van der Waals surface area contributed by atoms with E-state index >= 15 is 0 Å². The third-order valence-corrected chi connectivity index (χ3v) is 2.29. The van der Waals surface area contributed by atoms with Crippen LogP contribution in [0.2, 0.25) is 0 Å². The van der Waals surface area contributed by atoms with E-state index in [0.717, 1.165) is 31.3 Å². The maximum absolute atomic E-state index is 9.73. The van der Waals surface area contributed by atoms with Crippen LogP contribution in [0.4, 0.5) is 0 Å². The molecule has 1 N–H and O–H groups in total. The van der Waals surface area contributed by atoms with Crippen LogP contribution < -0.4 is 0 Å². The highest BCUT2D eigenvalue weighted by Crippen LogP contribution is 2.11. The number of hydrogen-bond acceptors (Lipinski definition) is 1. The zero-order valence-corrected chi connectivity index (χ0v) is 10.0. The molecule has 0 aliphatic carbocycles. The van der Waals surface area contributed by atoms with Gasteiger partial charge < -0.3 is 5.11 Å². The van der Waals surface area contributed by atoms with Gasteiger partial charge >= 0.3 is 0 Å².